The molecule has 0 amide bonds. The third-order valence-corrected chi connectivity index (χ3v) is 6.74. The zero-order chi connectivity index (χ0) is 23.7. The molecule has 0 saturated carbocycles. The molecule has 1 aliphatic rings. The third-order valence-electron chi connectivity index (χ3n) is 6.74. The highest BCUT2D eigenvalue weighted by Crippen LogP contribution is 2.35. The minimum atomic E-state index is -0.911. The molecule has 0 spiro atoms. The van der Waals surface area contributed by atoms with Crippen LogP contribution in [0.3, 0.4) is 0 Å². The number of methoxy groups -OCH3 is 1. The minimum absolute atomic E-state index is 0.103. The maximum Gasteiger partial charge on any atom is 0.335 e. The zero-order valence-electron chi connectivity index (χ0n) is 19.4. The van der Waals surface area contributed by atoms with Crippen molar-refractivity contribution in [1.82, 2.24) is 24.8 Å². The van der Waals surface area contributed by atoms with Crippen molar-refractivity contribution in [2.24, 2.45) is 0 Å². The molecule has 176 valence electrons. The standard InChI is InChI=1S/C26H29N5O3/c1-17-13-23(34-2)21(20-7-8-29-25(17)20)14-31-12-11-30(16-24-27-9-10-28-24)15-22(31)18-3-5-19(6-4-18)26(32)33/h3-10,13,22,29H,11-12,14-16H2,1-2H3,(H,27,28)(H,32,33)/t22-/m0/s1. The molecule has 8 heteroatoms. The number of nitrogens with zero attached hydrogens (tertiary/aromatic N) is 3. The Labute approximate surface area is 198 Å². The number of nitrogens with one attached hydrogen (secondary N) is 2. The number of piperazine rings is 1. The Hall–Kier alpha value is -3.62. The molecule has 4 aromatic rings. The molecule has 5 rings (SSSR count). The number of imidazole rings is 1. The third kappa shape index (κ3) is 4.30. The van der Waals surface area contributed by atoms with E-state index in [2.05, 4.69) is 43.8 Å². The van der Waals surface area contributed by atoms with Crippen LogP contribution in [0.15, 0.2) is 55.0 Å². The van der Waals surface area contributed by atoms with Crippen molar-refractivity contribution in [3.05, 3.63) is 83.1 Å². The maximum atomic E-state index is 11.4. The Balaban J connectivity index is 1.47. The Kier molecular flexibility index (Phi) is 6.08. The molecule has 0 unspecified atom stereocenters. The monoisotopic (exact) mass is 459 g/mol. The molecule has 34 heavy (non-hydrogen) atoms. The van der Waals surface area contributed by atoms with E-state index in [9.17, 15) is 9.90 Å². The highest BCUT2D eigenvalue weighted by Gasteiger charge is 2.30. The normalized spacial score (nSPS) is 17.3. The van der Waals surface area contributed by atoms with Crippen LogP contribution in [-0.2, 0) is 13.1 Å². The summed E-state index contributed by atoms with van der Waals surface area (Å²) in [5, 5.41) is 10.5. The number of aromatic nitrogens is 3. The summed E-state index contributed by atoms with van der Waals surface area (Å²) in [6.07, 6.45) is 5.60. The second kappa shape index (κ2) is 9.32. The number of hydrogen-bond acceptors (Lipinski definition) is 5. The molecule has 0 radical (unpaired) electrons. The molecule has 2 aromatic heterocycles. The van der Waals surface area contributed by atoms with Gasteiger partial charge in [-0.3, -0.25) is 9.80 Å². The lowest BCUT2D eigenvalue weighted by molar-refractivity contribution is 0.0619. The van der Waals surface area contributed by atoms with Crippen LogP contribution in [0.2, 0.25) is 0 Å². The quantitative estimate of drug-likeness (QED) is 0.387. The molecule has 0 aliphatic carbocycles. The van der Waals surface area contributed by atoms with Crippen molar-refractivity contribution in [3.8, 4) is 5.75 Å². The van der Waals surface area contributed by atoms with Gasteiger partial charge in [-0.05, 0) is 42.3 Å². The van der Waals surface area contributed by atoms with E-state index < -0.39 is 5.97 Å². The zero-order valence-corrected chi connectivity index (χ0v) is 19.4. The van der Waals surface area contributed by atoms with E-state index >= 15 is 0 Å². The lowest BCUT2D eigenvalue weighted by atomic mass is 9.98. The first-order valence-corrected chi connectivity index (χ1v) is 11.4. The van der Waals surface area contributed by atoms with Crippen LogP contribution in [-0.4, -0.2) is 62.6 Å². The Morgan fingerprint density at radius 2 is 1.97 bits per heavy atom. The SMILES string of the molecule is COc1cc(C)c2[nH]ccc2c1CN1CCN(Cc2ncc[nH]2)C[C@H]1c1ccc(C(=O)O)cc1. The van der Waals surface area contributed by atoms with E-state index in [1.54, 1.807) is 25.4 Å². The summed E-state index contributed by atoms with van der Waals surface area (Å²) in [6, 6.07) is 11.6. The lowest BCUT2D eigenvalue weighted by Gasteiger charge is -2.42. The molecular formula is C26H29N5O3. The molecule has 1 saturated heterocycles. The maximum absolute atomic E-state index is 11.4. The molecule has 1 aliphatic heterocycles. The van der Waals surface area contributed by atoms with Gasteiger partial charge in [-0.25, -0.2) is 9.78 Å². The molecule has 3 N–H and O–H groups in total. The van der Waals surface area contributed by atoms with Crippen molar-refractivity contribution < 1.29 is 14.6 Å². The van der Waals surface area contributed by atoms with Crippen LogP contribution in [0.4, 0.5) is 0 Å². The summed E-state index contributed by atoms with van der Waals surface area (Å²) in [5.74, 6) is 0.927. The first kappa shape index (κ1) is 22.2. The average molecular weight is 460 g/mol. The fraction of sp³-hybridized carbons (Fsp3) is 0.308. The number of benzene rings is 2. The van der Waals surface area contributed by atoms with Crippen molar-refractivity contribution in [2.75, 3.05) is 26.7 Å². The summed E-state index contributed by atoms with van der Waals surface area (Å²) in [5.41, 5.74) is 4.86. The second-order valence-electron chi connectivity index (χ2n) is 8.83. The summed E-state index contributed by atoms with van der Waals surface area (Å²) >= 11 is 0. The predicted octanol–water partition coefficient (Wildman–Crippen LogP) is 3.97. The molecule has 1 atom stereocenters. The van der Waals surface area contributed by atoms with Gasteiger partial charge in [0.25, 0.3) is 0 Å². The van der Waals surface area contributed by atoms with E-state index in [0.717, 1.165) is 66.5 Å². The van der Waals surface area contributed by atoms with Gasteiger partial charge in [0.15, 0.2) is 0 Å². The van der Waals surface area contributed by atoms with E-state index in [4.69, 9.17) is 4.74 Å². The van der Waals surface area contributed by atoms with Crippen LogP contribution in [0, 0.1) is 6.92 Å². The van der Waals surface area contributed by atoms with Gasteiger partial charge in [0.1, 0.15) is 11.6 Å². The van der Waals surface area contributed by atoms with Gasteiger partial charge in [0.05, 0.1) is 19.2 Å². The summed E-state index contributed by atoms with van der Waals surface area (Å²) in [7, 11) is 1.72. The van der Waals surface area contributed by atoms with Gasteiger partial charge in [-0.2, -0.15) is 0 Å². The van der Waals surface area contributed by atoms with Gasteiger partial charge in [-0.1, -0.05) is 12.1 Å². The van der Waals surface area contributed by atoms with Gasteiger partial charge in [0, 0.05) is 67.3 Å². The van der Waals surface area contributed by atoms with Crippen LogP contribution >= 0.6 is 0 Å². The van der Waals surface area contributed by atoms with Crippen molar-refractivity contribution >= 4 is 16.9 Å². The summed E-state index contributed by atoms with van der Waals surface area (Å²) < 4.78 is 5.79. The molecule has 1 fully saturated rings. The number of hydrogen-bond donors (Lipinski definition) is 3. The number of ether oxygens (including phenoxy) is 1. The predicted molar refractivity (Wildman–Crippen MR) is 130 cm³/mol. The smallest absolute Gasteiger partial charge is 0.335 e. The number of fused-ring (bicyclic) bond motifs is 1. The minimum Gasteiger partial charge on any atom is -0.496 e. The van der Waals surface area contributed by atoms with Crippen LogP contribution < -0.4 is 4.74 Å². The topological polar surface area (TPSA) is 97.5 Å². The van der Waals surface area contributed by atoms with Crippen LogP contribution in [0.5, 0.6) is 5.75 Å². The molecular weight excluding hydrogens is 430 g/mol. The van der Waals surface area contributed by atoms with Gasteiger partial charge in [0.2, 0.25) is 0 Å². The molecule has 0 bridgehead atoms. The van der Waals surface area contributed by atoms with Gasteiger partial charge < -0.3 is 19.8 Å². The first-order chi connectivity index (χ1) is 16.5. The van der Waals surface area contributed by atoms with E-state index in [1.165, 1.54) is 5.39 Å². The fourth-order valence-corrected chi connectivity index (χ4v) is 4.95. The Bertz CT molecular complexity index is 1280. The average Bonchev–Trinajstić information content (AvgIpc) is 3.54. The molecule has 3 heterocycles. The van der Waals surface area contributed by atoms with Crippen molar-refractivity contribution in [1.29, 1.82) is 0 Å². The number of carboxylic acids is 1. The first-order valence-electron chi connectivity index (χ1n) is 11.4. The highest BCUT2D eigenvalue weighted by atomic mass is 16.5. The fourth-order valence-electron chi connectivity index (χ4n) is 4.95. The van der Waals surface area contributed by atoms with E-state index in [0.29, 0.717) is 5.56 Å². The van der Waals surface area contributed by atoms with Crippen molar-refractivity contribution in [3.63, 3.8) is 0 Å². The largest absolute Gasteiger partial charge is 0.496 e. The number of carbonyl (C=O) groups is 1. The number of H-pyrrole nitrogens is 2. The number of aromatic carboxylic acids is 1. The summed E-state index contributed by atoms with van der Waals surface area (Å²) in [6.45, 7) is 6.17. The number of carboxylic acid groups (broad SMARTS) is 1. The number of aromatic amines is 2. The Morgan fingerprint density at radius 1 is 1.15 bits per heavy atom. The van der Waals surface area contributed by atoms with Gasteiger partial charge in [-0.15, -0.1) is 0 Å². The molecule has 2 aromatic carbocycles. The number of rotatable bonds is 7. The van der Waals surface area contributed by atoms with Crippen LogP contribution in [0.1, 0.15) is 38.9 Å². The van der Waals surface area contributed by atoms with Gasteiger partial charge >= 0.3 is 5.97 Å². The van der Waals surface area contributed by atoms with E-state index in [1.807, 2.05) is 24.5 Å². The lowest BCUT2D eigenvalue weighted by Crippen LogP contribution is -2.47. The van der Waals surface area contributed by atoms with Crippen molar-refractivity contribution in [2.45, 2.75) is 26.1 Å². The molecule has 8 nitrogen and oxygen atoms in total. The second-order valence-corrected chi connectivity index (χ2v) is 8.83. The Morgan fingerprint density at radius 3 is 2.68 bits per heavy atom. The highest BCUT2D eigenvalue weighted by molar-refractivity contribution is 5.88. The summed E-state index contributed by atoms with van der Waals surface area (Å²) in [4.78, 5) is 27.2. The van der Waals surface area contributed by atoms with E-state index in [-0.39, 0.29) is 6.04 Å². The number of aryl methyl sites for hydroxylation is 1. The van der Waals surface area contributed by atoms with Crippen LogP contribution in [0.25, 0.3) is 10.9 Å².